The Bertz CT molecular complexity index is 812. The van der Waals surface area contributed by atoms with Crippen molar-refractivity contribution in [3.63, 3.8) is 0 Å². The first-order valence-electron chi connectivity index (χ1n) is 6.42. The predicted octanol–water partition coefficient (Wildman–Crippen LogP) is 2.56. The lowest BCUT2D eigenvalue weighted by Gasteiger charge is -2.07. The molecule has 1 aromatic carbocycles. The molecule has 2 aromatic heterocycles. The molecule has 0 saturated heterocycles. The van der Waals surface area contributed by atoms with Gasteiger partial charge in [-0.3, -0.25) is 10.1 Å². The number of nitrogens with one attached hydrogen (secondary N) is 1. The maximum Gasteiger partial charge on any atom is 0.292 e. The lowest BCUT2D eigenvalue weighted by molar-refractivity contribution is -0.384. The standard InChI is InChI=1S/C14H13N5O2/c1-10-6-14-16-8-11(9-18(14)17-10)7-15-12-4-2-3-5-13(12)19(20)21/h2-6,8-9,15H,7H2,1H3. The Labute approximate surface area is 120 Å². The molecule has 0 aliphatic carbocycles. The summed E-state index contributed by atoms with van der Waals surface area (Å²) in [7, 11) is 0. The molecule has 0 aliphatic heterocycles. The number of para-hydroxylation sites is 2. The largest absolute Gasteiger partial charge is 0.375 e. The van der Waals surface area contributed by atoms with Crippen molar-refractivity contribution < 1.29 is 4.92 Å². The van der Waals surface area contributed by atoms with Crippen molar-refractivity contribution in [3.05, 3.63) is 64.1 Å². The normalized spacial score (nSPS) is 10.7. The van der Waals surface area contributed by atoms with Gasteiger partial charge in [0, 0.05) is 36.6 Å². The van der Waals surface area contributed by atoms with Gasteiger partial charge in [0.2, 0.25) is 0 Å². The predicted molar refractivity (Wildman–Crippen MR) is 78.1 cm³/mol. The smallest absolute Gasteiger partial charge is 0.292 e. The van der Waals surface area contributed by atoms with E-state index >= 15 is 0 Å². The van der Waals surface area contributed by atoms with Crippen molar-refractivity contribution in [1.29, 1.82) is 0 Å². The number of hydrogen-bond donors (Lipinski definition) is 1. The third-order valence-electron chi connectivity index (χ3n) is 3.07. The second-order valence-electron chi connectivity index (χ2n) is 4.68. The van der Waals surface area contributed by atoms with Gasteiger partial charge in [-0.05, 0) is 13.0 Å². The van der Waals surface area contributed by atoms with Crippen LogP contribution in [0.15, 0.2) is 42.7 Å². The van der Waals surface area contributed by atoms with Gasteiger partial charge in [-0.2, -0.15) is 5.10 Å². The Morgan fingerprint density at radius 2 is 2.19 bits per heavy atom. The number of hydrogen-bond acceptors (Lipinski definition) is 5. The zero-order valence-corrected chi connectivity index (χ0v) is 11.4. The third kappa shape index (κ3) is 2.66. The molecular weight excluding hydrogens is 270 g/mol. The molecular formula is C14H13N5O2. The van der Waals surface area contributed by atoms with Crippen molar-refractivity contribution >= 4 is 17.0 Å². The Kier molecular flexibility index (Phi) is 3.23. The monoisotopic (exact) mass is 283 g/mol. The van der Waals surface area contributed by atoms with Crippen LogP contribution in [0.2, 0.25) is 0 Å². The second kappa shape index (κ2) is 5.20. The average molecular weight is 283 g/mol. The van der Waals surface area contributed by atoms with Crippen LogP contribution in [-0.4, -0.2) is 19.5 Å². The van der Waals surface area contributed by atoms with Gasteiger partial charge in [-0.1, -0.05) is 12.1 Å². The molecule has 0 bridgehead atoms. The van der Waals surface area contributed by atoms with E-state index in [-0.39, 0.29) is 5.69 Å². The molecule has 21 heavy (non-hydrogen) atoms. The van der Waals surface area contributed by atoms with E-state index in [2.05, 4.69) is 15.4 Å². The molecule has 3 aromatic rings. The molecule has 2 heterocycles. The number of nitrogens with zero attached hydrogens (tertiary/aromatic N) is 4. The third-order valence-corrected chi connectivity index (χ3v) is 3.07. The topological polar surface area (TPSA) is 85.4 Å². The lowest BCUT2D eigenvalue weighted by atomic mass is 10.2. The van der Waals surface area contributed by atoms with E-state index in [4.69, 9.17) is 0 Å². The van der Waals surface area contributed by atoms with E-state index < -0.39 is 4.92 Å². The van der Waals surface area contributed by atoms with Gasteiger partial charge in [-0.15, -0.1) is 0 Å². The summed E-state index contributed by atoms with van der Waals surface area (Å²) < 4.78 is 1.70. The minimum Gasteiger partial charge on any atom is -0.375 e. The van der Waals surface area contributed by atoms with Crippen LogP contribution in [0, 0.1) is 17.0 Å². The van der Waals surface area contributed by atoms with E-state index in [0.29, 0.717) is 12.2 Å². The van der Waals surface area contributed by atoms with Crippen LogP contribution in [0.3, 0.4) is 0 Å². The van der Waals surface area contributed by atoms with Crippen LogP contribution < -0.4 is 5.32 Å². The van der Waals surface area contributed by atoms with E-state index in [0.717, 1.165) is 16.9 Å². The highest BCUT2D eigenvalue weighted by molar-refractivity contribution is 5.61. The molecule has 7 nitrogen and oxygen atoms in total. The fourth-order valence-electron chi connectivity index (χ4n) is 2.10. The van der Waals surface area contributed by atoms with Gasteiger partial charge in [0.05, 0.1) is 10.6 Å². The highest BCUT2D eigenvalue weighted by Gasteiger charge is 2.11. The molecule has 0 aliphatic rings. The Morgan fingerprint density at radius 1 is 1.38 bits per heavy atom. The fraction of sp³-hybridized carbons (Fsp3) is 0.143. The number of aryl methyl sites for hydroxylation is 1. The summed E-state index contributed by atoms with van der Waals surface area (Å²) in [5.41, 5.74) is 3.11. The number of benzene rings is 1. The van der Waals surface area contributed by atoms with Gasteiger partial charge in [0.25, 0.3) is 5.69 Å². The van der Waals surface area contributed by atoms with Gasteiger partial charge < -0.3 is 5.32 Å². The first-order valence-corrected chi connectivity index (χ1v) is 6.42. The number of nitro benzene ring substituents is 1. The summed E-state index contributed by atoms with van der Waals surface area (Å²) in [6, 6.07) is 8.44. The molecule has 0 saturated carbocycles. The van der Waals surface area contributed by atoms with Crippen LogP contribution in [0.1, 0.15) is 11.3 Å². The quantitative estimate of drug-likeness (QED) is 0.587. The number of nitro groups is 1. The number of anilines is 1. The van der Waals surface area contributed by atoms with Crippen LogP contribution in [0.5, 0.6) is 0 Å². The minimum absolute atomic E-state index is 0.0569. The molecule has 1 N–H and O–H groups in total. The van der Waals surface area contributed by atoms with Crippen LogP contribution in [-0.2, 0) is 6.54 Å². The van der Waals surface area contributed by atoms with Gasteiger partial charge in [0.15, 0.2) is 5.65 Å². The van der Waals surface area contributed by atoms with Gasteiger partial charge in [0.1, 0.15) is 5.69 Å². The van der Waals surface area contributed by atoms with E-state index in [9.17, 15) is 10.1 Å². The van der Waals surface area contributed by atoms with Crippen molar-refractivity contribution in [2.24, 2.45) is 0 Å². The maximum atomic E-state index is 10.9. The summed E-state index contributed by atoms with van der Waals surface area (Å²) in [5, 5.41) is 18.3. The second-order valence-corrected chi connectivity index (χ2v) is 4.68. The first kappa shape index (κ1) is 13.0. The Hall–Kier alpha value is -2.96. The molecule has 3 rings (SSSR count). The maximum absolute atomic E-state index is 10.9. The molecule has 0 fully saturated rings. The average Bonchev–Trinajstić information content (AvgIpc) is 2.84. The van der Waals surface area contributed by atoms with Gasteiger partial charge in [-0.25, -0.2) is 9.50 Å². The van der Waals surface area contributed by atoms with Crippen molar-refractivity contribution in [2.45, 2.75) is 13.5 Å². The SMILES string of the molecule is Cc1cc2ncc(CNc3ccccc3[N+](=O)[O-])cn2n1. The minimum atomic E-state index is -0.402. The summed E-state index contributed by atoms with van der Waals surface area (Å²) in [5.74, 6) is 0. The number of aromatic nitrogens is 3. The van der Waals surface area contributed by atoms with E-state index in [1.54, 1.807) is 28.9 Å². The zero-order valence-electron chi connectivity index (χ0n) is 11.4. The molecule has 106 valence electrons. The Morgan fingerprint density at radius 3 is 3.00 bits per heavy atom. The highest BCUT2D eigenvalue weighted by atomic mass is 16.6. The van der Waals surface area contributed by atoms with Crippen LogP contribution in [0.4, 0.5) is 11.4 Å². The summed E-state index contributed by atoms with van der Waals surface area (Å²) in [4.78, 5) is 14.8. The molecule has 0 unspecified atom stereocenters. The molecule has 0 radical (unpaired) electrons. The number of rotatable bonds is 4. The number of fused-ring (bicyclic) bond motifs is 1. The first-order chi connectivity index (χ1) is 10.1. The zero-order chi connectivity index (χ0) is 14.8. The van der Waals surface area contributed by atoms with Crippen LogP contribution in [0.25, 0.3) is 5.65 Å². The lowest BCUT2D eigenvalue weighted by Crippen LogP contribution is -2.04. The Balaban J connectivity index is 1.81. The van der Waals surface area contributed by atoms with Crippen molar-refractivity contribution in [1.82, 2.24) is 14.6 Å². The summed E-state index contributed by atoms with van der Waals surface area (Å²) in [6.07, 6.45) is 3.59. The summed E-state index contributed by atoms with van der Waals surface area (Å²) in [6.45, 7) is 2.34. The molecule has 0 amide bonds. The molecule has 0 spiro atoms. The molecule has 7 heteroatoms. The van der Waals surface area contributed by atoms with Gasteiger partial charge >= 0.3 is 0 Å². The highest BCUT2D eigenvalue weighted by Crippen LogP contribution is 2.23. The molecule has 0 atom stereocenters. The summed E-state index contributed by atoms with van der Waals surface area (Å²) >= 11 is 0. The van der Waals surface area contributed by atoms with E-state index in [1.165, 1.54) is 6.07 Å². The van der Waals surface area contributed by atoms with Crippen molar-refractivity contribution in [2.75, 3.05) is 5.32 Å². The van der Waals surface area contributed by atoms with E-state index in [1.807, 2.05) is 19.2 Å². The fourth-order valence-corrected chi connectivity index (χ4v) is 2.10. The van der Waals surface area contributed by atoms with Crippen LogP contribution >= 0.6 is 0 Å². The van der Waals surface area contributed by atoms with Crippen molar-refractivity contribution in [3.8, 4) is 0 Å².